The van der Waals surface area contributed by atoms with Crippen molar-refractivity contribution in [1.29, 1.82) is 0 Å². The van der Waals surface area contributed by atoms with Crippen LogP contribution in [0.5, 0.6) is 0 Å². The average Bonchev–Trinajstić information content (AvgIpc) is 2.57. The van der Waals surface area contributed by atoms with Crippen LogP contribution in [0.3, 0.4) is 0 Å². The molecule has 1 N–H and O–H groups in total. The first-order chi connectivity index (χ1) is 6.33. The SMILES string of the molecule is C#CCNCC(=O)OC1CCCC1. The smallest absolute Gasteiger partial charge is 0.320 e. The molecule has 0 spiro atoms. The number of hydrogen-bond acceptors (Lipinski definition) is 3. The van der Waals surface area contributed by atoms with Crippen LogP contribution in [-0.4, -0.2) is 25.2 Å². The highest BCUT2D eigenvalue weighted by Crippen LogP contribution is 2.20. The van der Waals surface area contributed by atoms with Crippen molar-refractivity contribution in [3.8, 4) is 12.3 Å². The number of ether oxygens (including phenoxy) is 1. The molecular formula is C10H15NO2. The van der Waals surface area contributed by atoms with E-state index in [1.807, 2.05) is 0 Å². The normalized spacial score (nSPS) is 16.8. The molecule has 1 fully saturated rings. The highest BCUT2D eigenvalue weighted by molar-refractivity contribution is 5.71. The van der Waals surface area contributed by atoms with Crippen LogP contribution in [0.1, 0.15) is 25.7 Å². The van der Waals surface area contributed by atoms with Gasteiger partial charge in [-0.3, -0.25) is 10.1 Å². The molecule has 72 valence electrons. The van der Waals surface area contributed by atoms with Crippen molar-refractivity contribution in [2.24, 2.45) is 0 Å². The maximum Gasteiger partial charge on any atom is 0.320 e. The van der Waals surface area contributed by atoms with Crippen molar-refractivity contribution in [2.45, 2.75) is 31.8 Å². The molecule has 1 aliphatic rings. The zero-order valence-electron chi connectivity index (χ0n) is 7.71. The van der Waals surface area contributed by atoms with Crippen LogP contribution in [-0.2, 0) is 9.53 Å². The fourth-order valence-corrected chi connectivity index (χ4v) is 1.47. The van der Waals surface area contributed by atoms with Gasteiger partial charge in [-0.2, -0.15) is 0 Å². The second-order valence-electron chi connectivity index (χ2n) is 3.20. The Morgan fingerprint density at radius 3 is 2.85 bits per heavy atom. The first-order valence-electron chi connectivity index (χ1n) is 4.66. The van der Waals surface area contributed by atoms with E-state index in [9.17, 15) is 4.79 Å². The van der Waals surface area contributed by atoms with E-state index in [1.54, 1.807) is 0 Å². The van der Waals surface area contributed by atoms with Crippen LogP contribution >= 0.6 is 0 Å². The molecule has 1 rings (SSSR count). The summed E-state index contributed by atoms with van der Waals surface area (Å²) in [5, 5.41) is 2.80. The predicted octanol–water partition coefficient (Wildman–Crippen LogP) is 0.695. The lowest BCUT2D eigenvalue weighted by atomic mass is 10.3. The number of nitrogens with one attached hydrogen (secondary N) is 1. The molecule has 13 heavy (non-hydrogen) atoms. The van der Waals surface area contributed by atoms with Gasteiger partial charge in [0.1, 0.15) is 6.10 Å². The van der Waals surface area contributed by atoms with Gasteiger partial charge in [-0.15, -0.1) is 6.42 Å². The van der Waals surface area contributed by atoms with E-state index in [1.165, 1.54) is 12.8 Å². The molecule has 0 aliphatic heterocycles. The van der Waals surface area contributed by atoms with Crippen LogP contribution in [0.2, 0.25) is 0 Å². The molecule has 0 heterocycles. The number of carbonyl (C=O) groups is 1. The number of terminal acetylenes is 1. The number of esters is 1. The second kappa shape index (κ2) is 5.60. The molecule has 0 aromatic rings. The molecule has 3 heteroatoms. The van der Waals surface area contributed by atoms with Crippen LogP contribution in [0.4, 0.5) is 0 Å². The summed E-state index contributed by atoms with van der Waals surface area (Å²) >= 11 is 0. The number of rotatable bonds is 4. The summed E-state index contributed by atoms with van der Waals surface area (Å²) in [5.74, 6) is 2.21. The Morgan fingerprint density at radius 1 is 1.54 bits per heavy atom. The molecule has 0 aromatic heterocycles. The molecule has 0 atom stereocenters. The van der Waals surface area contributed by atoms with Gasteiger partial charge in [0, 0.05) is 0 Å². The minimum Gasteiger partial charge on any atom is -0.461 e. The monoisotopic (exact) mass is 181 g/mol. The summed E-state index contributed by atoms with van der Waals surface area (Å²) < 4.78 is 5.19. The fourth-order valence-electron chi connectivity index (χ4n) is 1.47. The summed E-state index contributed by atoms with van der Waals surface area (Å²) in [6.07, 6.45) is 9.55. The van der Waals surface area contributed by atoms with Crippen molar-refractivity contribution in [1.82, 2.24) is 5.32 Å². The van der Waals surface area contributed by atoms with Gasteiger partial charge in [0.2, 0.25) is 0 Å². The zero-order chi connectivity index (χ0) is 9.52. The van der Waals surface area contributed by atoms with E-state index in [0.717, 1.165) is 12.8 Å². The zero-order valence-corrected chi connectivity index (χ0v) is 7.71. The Labute approximate surface area is 78.8 Å². The van der Waals surface area contributed by atoms with Crippen molar-refractivity contribution >= 4 is 5.97 Å². The van der Waals surface area contributed by atoms with Gasteiger partial charge in [0.15, 0.2) is 0 Å². The third kappa shape index (κ3) is 3.95. The first kappa shape index (κ1) is 10.1. The van der Waals surface area contributed by atoms with E-state index in [0.29, 0.717) is 6.54 Å². The van der Waals surface area contributed by atoms with Gasteiger partial charge >= 0.3 is 5.97 Å². The molecule has 3 nitrogen and oxygen atoms in total. The van der Waals surface area contributed by atoms with Crippen LogP contribution in [0.25, 0.3) is 0 Å². The minimum absolute atomic E-state index is 0.153. The van der Waals surface area contributed by atoms with Crippen molar-refractivity contribution in [3.05, 3.63) is 0 Å². The second-order valence-corrected chi connectivity index (χ2v) is 3.20. The summed E-state index contributed by atoms with van der Waals surface area (Å²) in [6, 6.07) is 0. The highest BCUT2D eigenvalue weighted by atomic mass is 16.5. The third-order valence-electron chi connectivity index (χ3n) is 2.10. The van der Waals surface area contributed by atoms with E-state index < -0.39 is 0 Å². The van der Waals surface area contributed by atoms with E-state index in [4.69, 9.17) is 11.2 Å². The Hall–Kier alpha value is -1.01. The third-order valence-corrected chi connectivity index (χ3v) is 2.10. The molecule has 0 aromatic carbocycles. The van der Waals surface area contributed by atoms with Gasteiger partial charge in [-0.05, 0) is 25.7 Å². The molecule has 1 saturated carbocycles. The van der Waals surface area contributed by atoms with Crippen molar-refractivity contribution in [2.75, 3.05) is 13.1 Å². The van der Waals surface area contributed by atoms with Gasteiger partial charge < -0.3 is 4.74 Å². The summed E-state index contributed by atoms with van der Waals surface area (Å²) in [5.41, 5.74) is 0. The van der Waals surface area contributed by atoms with E-state index in [-0.39, 0.29) is 18.6 Å². The van der Waals surface area contributed by atoms with E-state index >= 15 is 0 Å². The van der Waals surface area contributed by atoms with Crippen molar-refractivity contribution < 1.29 is 9.53 Å². The lowest BCUT2D eigenvalue weighted by Crippen LogP contribution is -2.27. The molecule has 0 amide bonds. The number of hydrogen-bond donors (Lipinski definition) is 1. The Balaban J connectivity index is 2.07. The van der Waals surface area contributed by atoms with Crippen LogP contribution < -0.4 is 5.32 Å². The highest BCUT2D eigenvalue weighted by Gasteiger charge is 2.18. The lowest BCUT2D eigenvalue weighted by Gasteiger charge is -2.10. The van der Waals surface area contributed by atoms with Gasteiger partial charge in [0.05, 0.1) is 13.1 Å². The lowest BCUT2D eigenvalue weighted by molar-refractivity contribution is -0.147. The van der Waals surface area contributed by atoms with Gasteiger partial charge in [-0.1, -0.05) is 5.92 Å². The van der Waals surface area contributed by atoms with E-state index in [2.05, 4.69) is 11.2 Å². The quantitative estimate of drug-likeness (QED) is 0.394. The molecule has 0 saturated heterocycles. The Kier molecular flexibility index (Phi) is 4.34. The number of carbonyl (C=O) groups excluding carboxylic acids is 1. The van der Waals surface area contributed by atoms with Gasteiger partial charge in [0.25, 0.3) is 0 Å². The summed E-state index contributed by atoms with van der Waals surface area (Å²) in [4.78, 5) is 11.1. The summed E-state index contributed by atoms with van der Waals surface area (Å²) in [6.45, 7) is 0.639. The Morgan fingerprint density at radius 2 is 2.23 bits per heavy atom. The maximum atomic E-state index is 11.1. The summed E-state index contributed by atoms with van der Waals surface area (Å²) in [7, 11) is 0. The first-order valence-corrected chi connectivity index (χ1v) is 4.66. The topological polar surface area (TPSA) is 38.3 Å². The molecule has 0 radical (unpaired) electrons. The molecular weight excluding hydrogens is 166 g/mol. The maximum absolute atomic E-state index is 11.1. The van der Waals surface area contributed by atoms with Crippen molar-refractivity contribution in [3.63, 3.8) is 0 Å². The minimum atomic E-state index is -0.192. The predicted molar refractivity (Wildman–Crippen MR) is 50.1 cm³/mol. The van der Waals surface area contributed by atoms with Crippen LogP contribution in [0.15, 0.2) is 0 Å². The Bertz CT molecular complexity index is 201. The van der Waals surface area contributed by atoms with Crippen LogP contribution in [0, 0.1) is 12.3 Å². The average molecular weight is 181 g/mol. The molecule has 0 unspecified atom stereocenters. The molecule has 0 bridgehead atoms. The standard InChI is InChI=1S/C10H15NO2/c1-2-7-11-8-10(12)13-9-5-3-4-6-9/h1,9,11H,3-8H2. The fraction of sp³-hybridized carbons (Fsp3) is 0.700. The molecule has 1 aliphatic carbocycles. The van der Waals surface area contributed by atoms with Gasteiger partial charge in [-0.25, -0.2) is 0 Å². The largest absolute Gasteiger partial charge is 0.461 e.